The van der Waals surface area contributed by atoms with Crippen LogP contribution in [0.5, 0.6) is 5.75 Å². The monoisotopic (exact) mass is 353 g/mol. The summed E-state index contributed by atoms with van der Waals surface area (Å²) in [5.41, 5.74) is 0.0681. The lowest BCUT2D eigenvalue weighted by Gasteiger charge is -2.18. The number of rotatable bonds is 8. The molecule has 0 aliphatic carbocycles. The number of nitrogens with one attached hydrogen (secondary N) is 1. The van der Waals surface area contributed by atoms with Crippen molar-refractivity contribution < 1.29 is 9.66 Å². The molecule has 0 bridgehead atoms. The van der Waals surface area contributed by atoms with Crippen LogP contribution in [0.3, 0.4) is 0 Å². The molecule has 0 amide bonds. The average molecular weight is 353 g/mol. The molecule has 0 aliphatic heterocycles. The average Bonchev–Trinajstić information content (AvgIpc) is 2.63. The van der Waals surface area contributed by atoms with Crippen LogP contribution in [0, 0.1) is 32.8 Å². The van der Waals surface area contributed by atoms with E-state index in [2.05, 4.69) is 15.3 Å². The molecule has 1 aromatic carbocycles. The van der Waals surface area contributed by atoms with Crippen molar-refractivity contribution in [3.63, 3.8) is 0 Å². The Morgan fingerprint density at radius 1 is 1.27 bits per heavy atom. The second kappa shape index (κ2) is 8.80. The maximum absolute atomic E-state index is 11.6. The van der Waals surface area contributed by atoms with E-state index in [0.29, 0.717) is 18.0 Å². The smallest absolute Gasteiger partial charge is 0.353 e. The van der Waals surface area contributed by atoms with Crippen molar-refractivity contribution in [3.05, 3.63) is 40.7 Å². The summed E-state index contributed by atoms with van der Waals surface area (Å²) in [6, 6.07) is 10.7. The lowest BCUT2D eigenvalue weighted by molar-refractivity contribution is -0.383. The van der Waals surface area contributed by atoms with Gasteiger partial charge in [-0.05, 0) is 19.1 Å². The molecule has 0 saturated carbocycles. The molecule has 1 heterocycles. The number of nitrogens with zero attached hydrogens (tertiary/aromatic N) is 6. The zero-order valence-corrected chi connectivity index (χ0v) is 13.9. The Kier molecular flexibility index (Phi) is 6.23. The molecule has 0 radical (unpaired) electrons. The van der Waals surface area contributed by atoms with E-state index in [4.69, 9.17) is 15.3 Å². The Balaban J connectivity index is 2.50. The van der Waals surface area contributed by atoms with E-state index in [-0.39, 0.29) is 24.7 Å². The molecule has 0 aliphatic rings. The fraction of sp³-hybridized carbons (Fsp3) is 0.250. The van der Waals surface area contributed by atoms with Gasteiger partial charge in [-0.25, -0.2) is 9.97 Å². The molecule has 0 atom stereocenters. The zero-order valence-electron chi connectivity index (χ0n) is 13.9. The quantitative estimate of drug-likeness (QED) is 0.430. The van der Waals surface area contributed by atoms with Crippen LogP contribution in [0.25, 0.3) is 0 Å². The highest BCUT2D eigenvalue weighted by molar-refractivity contribution is 5.76. The van der Waals surface area contributed by atoms with Crippen LogP contribution in [0.2, 0.25) is 0 Å². The van der Waals surface area contributed by atoms with Crippen LogP contribution in [-0.2, 0) is 0 Å². The Labute approximate surface area is 149 Å². The molecule has 132 valence electrons. The third-order valence-corrected chi connectivity index (χ3v) is 3.25. The summed E-state index contributed by atoms with van der Waals surface area (Å²) in [6.45, 7) is 1.80. The number of benzene rings is 1. The molecule has 1 N–H and O–H groups in total. The minimum absolute atomic E-state index is 0.0620. The lowest BCUT2D eigenvalue weighted by atomic mass is 10.3. The van der Waals surface area contributed by atoms with Gasteiger partial charge in [0.1, 0.15) is 25.2 Å². The highest BCUT2D eigenvalue weighted by Crippen LogP contribution is 2.35. The molecular weight excluding hydrogens is 338 g/mol. The fourth-order valence-corrected chi connectivity index (χ4v) is 2.22. The van der Waals surface area contributed by atoms with Crippen molar-refractivity contribution in [3.8, 4) is 17.9 Å². The standard InChI is InChI=1S/C16H15N7O3/c1-2-26-13-6-4-3-5-12(13)21-15-14(23(24)25)16(20-11-19-15)22(9-7-17)10-8-18/h3-6,11H,2,9-10H2,1H3,(H,19,20,21). The minimum Gasteiger partial charge on any atom is -0.492 e. The van der Waals surface area contributed by atoms with E-state index < -0.39 is 10.6 Å². The summed E-state index contributed by atoms with van der Waals surface area (Å²) in [5.74, 6) is 0.341. The van der Waals surface area contributed by atoms with Crippen molar-refractivity contribution in [1.29, 1.82) is 10.5 Å². The van der Waals surface area contributed by atoms with Crippen LogP contribution in [0.15, 0.2) is 30.6 Å². The van der Waals surface area contributed by atoms with Gasteiger partial charge in [0.15, 0.2) is 0 Å². The third kappa shape index (κ3) is 4.13. The van der Waals surface area contributed by atoms with E-state index in [0.717, 1.165) is 6.33 Å². The van der Waals surface area contributed by atoms with Gasteiger partial charge in [-0.3, -0.25) is 10.1 Å². The Bertz CT molecular complexity index is 857. The van der Waals surface area contributed by atoms with Gasteiger partial charge in [0, 0.05) is 0 Å². The topological polar surface area (TPSA) is 141 Å². The third-order valence-electron chi connectivity index (χ3n) is 3.25. The fourth-order valence-electron chi connectivity index (χ4n) is 2.22. The predicted molar refractivity (Wildman–Crippen MR) is 93.0 cm³/mol. The second-order valence-electron chi connectivity index (χ2n) is 4.88. The van der Waals surface area contributed by atoms with Crippen molar-refractivity contribution in [1.82, 2.24) is 9.97 Å². The van der Waals surface area contributed by atoms with E-state index in [1.165, 1.54) is 4.90 Å². The number of nitro groups is 1. The van der Waals surface area contributed by atoms with Crippen molar-refractivity contribution in [2.45, 2.75) is 6.92 Å². The Morgan fingerprint density at radius 2 is 1.96 bits per heavy atom. The van der Waals surface area contributed by atoms with Crippen LogP contribution in [-0.4, -0.2) is 34.6 Å². The maximum Gasteiger partial charge on any atom is 0.353 e. The first kappa shape index (κ1) is 18.4. The van der Waals surface area contributed by atoms with E-state index in [1.807, 2.05) is 19.1 Å². The van der Waals surface area contributed by atoms with Crippen LogP contribution >= 0.6 is 0 Å². The molecule has 26 heavy (non-hydrogen) atoms. The predicted octanol–water partition coefficient (Wildman–Crippen LogP) is 2.38. The molecule has 0 saturated heterocycles. The summed E-state index contributed by atoms with van der Waals surface area (Å²) in [6.07, 6.45) is 1.13. The SMILES string of the molecule is CCOc1ccccc1Nc1ncnc(N(CC#N)CC#N)c1[N+](=O)[O-]. The summed E-state index contributed by atoms with van der Waals surface area (Å²) in [5, 5.41) is 32.3. The second-order valence-corrected chi connectivity index (χ2v) is 4.88. The van der Waals surface area contributed by atoms with E-state index >= 15 is 0 Å². The number of para-hydroxylation sites is 2. The Morgan fingerprint density at radius 3 is 2.58 bits per heavy atom. The number of ether oxygens (including phenoxy) is 1. The van der Waals surface area contributed by atoms with Gasteiger partial charge in [-0.1, -0.05) is 12.1 Å². The number of anilines is 3. The van der Waals surface area contributed by atoms with Gasteiger partial charge in [0.05, 0.1) is 29.4 Å². The highest BCUT2D eigenvalue weighted by Gasteiger charge is 2.27. The van der Waals surface area contributed by atoms with Gasteiger partial charge >= 0.3 is 5.69 Å². The van der Waals surface area contributed by atoms with Gasteiger partial charge in [-0.15, -0.1) is 0 Å². The molecular formula is C16H15N7O3. The minimum atomic E-state index is -0.650. The Hall–Kier alpha value is -3.92. The lowest BCUT2D eigenvalue weighted by Crippen LogP contribution is -2.26. The van der Waals surface area contributed by atoms with E-state index in [1.54, 1.807) is 24.3 Å². The molecule has 10 nitrogen and oxygen atoms in total. The van der Waals surface area contributed by atoms with Crippen molar-refractivity contribution in [2.75, 3.05) is 29.9 Å². The first-order chi connectivity index (χ1) is 12.6. The summed E-state index contributed by atoms with van der Waals surface area (Å²) < 4.78 is 5.49. The summed E-state index contributed by atoms with van der Waals surface area (Å²) >= 11 is 0. The summed E-state index contributed by atoms with van der Waals surface area (Å²) in [4.78, 5) is 20.0. The van der Waals surface area contributed by atoms with Crippen molar-refractivity contribution in [2.24, 2.45) is 0 Å². The molecule has 2 rings (SSSR count). The zero-order chi connectivity index (χ0) is 18.9. The number of hydrogen-bond acceptors (Lipinski definition) is 9. The van der Waals surface area contributed by atoms with Gasteiger partial charge < -0.3 is 15.0 Å². The molecule has 0 spiro atoms. The highest BCUT2D eigenvalue weighted by atomic mass is 16.6. The molecule has 0 fully saturated rings. The summed E-state index contributed by atoms with van der Waals surface area (Å²) in [7, 11) is 0. The number of aromatic nitrogens is 2. The van der Waals surface area contributed by atoms with Crippen LogP contribution in [0.1, 0.15) is 6.92 Å². The van der Waals surface area contributed by atoms with E-state index in [9.17, 15) is 10.1 Å². The van der Waals surface area contributed by atoms with Gasteiger partial charge in [0.25, 0.3) is 0 Å². The number of hydrogen-bond donors (Lipinski definition) is 1. The van der Waals surface area contributed by atoms with Gasteiger partial charge in [0.2, 0.25) is 11.6 Å². The normalized spacial score (nSPS) is 9.65. The number of nitriles is 2. The maximum atomic E-state index is 11.6. The molecule has 2 aromatic rings. The first-order valence-electron chi connectivity index (χ1n) is 7.59. The van der Waals surface area contributed by atoms with Crippen LogP contribution < -0.4 is 15.0 Å². The molecule has 10 heteroatoms. The molecule has 1 aromatic heterocycles. The van der Waals surface area contributed by atoms with Crippen LogP contribution in [0.4, 0.5) is 23.0 Å². The van der Waals surface area contributed by atoms with Gasteiger partial charge in [-0.2, -0.15) is 10.5 Å². The molecule has 0 unspecified atom stereocenters. The van der Waals surface area contributed by atoms with Crippen molar-refractivity contribution >= 4 is 23.0 Å². The largest absolute Gasteiger partial charge is 0.492 e. The first-order valence-corrected chi connectivity index (χ1v) is 7.59.